The molecule has 5 nitrogen and oxygen atoms in total. The molecule has 0 spiro atoms. The number of carboxylic acids is 1. The van der Waals surface area contributed by atoms with Gasteiger partial charge in [-0.15, -0.1) is 0 Å². The summed E-state index contributed by atoms with van der Waals surface area (Å²) in [5, 5.41) is 13.1. The van der Waals surface area contributed by atoms with Gasteiger partial charge in [0.25, 0.3) is 0 Å². The molecule has 0 aromatic rings. The second-order valence-electron chi connectivity index (χ2n) is 7.32. The van der Waals surface area contributed by atoms with E-state index >= 15 is 0 Å². The summed E-state index contributed by atoms with van der Waals surface area (Å²) in [6.07, 6.45) is 1.51. The first-order chi connectivity index (χ1) is 9.99. The van der Waals surface area contributed by atoms with E-state index in [-0.39, 0.29) is 22.6 Å². The van der Waals surface area contributed by atoms with Gasteiger partial charge in [-0.2, -0.15) is 0 Å². The van der Waals surface area contributed by atoms with Crippen LogP contribution in [0.25, 0.3) is 0 Å². The van der Waals surface area contributed by atoms with Crippen molar-refractivity contribution in [2.75, 3.05) is 13.2 Å². The molecule has 1 fully saturated rings. The maximum atomic E-state index is 11.6. The third kappa shape index (κ3) is 4.09. The van der Waals surface area contributed by atoms with Gasteiger partial charge in [-0.1, -0.05) is 6.58 Å². The summed E-state index contributed by atoms with van der Waals surface area (Å²) in [6.45, 7) is 16.7. The Labute approximate surface area is 134 Å². The fraction of sp³-hybridized carbons (Fsp3) is 0.824. The van der Waals surface area contributed by atoms with E-state index < -0.39 is 11.8 Å². The van der Waals surface area contributed by atoms with Crippen molar-refractivity contribution in [2.45, 2.75) is 71.2 Å². The van der Waals surface area contributed by atoms with Gasteiger partial charge in [0.15, 0.2) is 0 Å². The van der Waals surface area contributed by atoms with Crippen molar-refractivity contribution in [3.8, 4) is 0 Å². The van der Waals surface area contributed by atoms with Crippen LogP contribution in [0.2, 0.25) is 0 Å². The van der Waals surface area contributed by atoms with Gasteiger partial charge in [0, 0.05) is 30.2 Å². The molecule has 0 unspecified atom stereocenters. The molecule has 0 atom stereocenters. The third-order valence-corrected chi connectivity index (χ3v) is 4.12. The highest BCUT2D eigenvalue weighted by Crippen LogP contribution is 2.44. The van der Waals surface area contributed by atoms with E-state index in [4.69, 9.17) is 9.47 Å². The van der Waals surface area contributed by atoms with E-state index in [0.29, 0.717) is 13.2 Å². The van der Waals surface area contributed by atoms with E-state index in [1.807, 2.05) is 13.8 Å². The molecule has 0 aromatic carbocycles. The highest BCUT2D eigenvalue weighted by Gasteiger charge is 2.52. The van der Waals surface area contributed by atoms with Gasteiger partial charge in [-0.05, 0) is 54.4 Å². The molecule has 0 amide bonds. The molecule has 0 radical (unpaired) electrons. The van der Waals surface area contributed by atoms with Crippen LogP contribution in [0.4, 0.5) is 0 Å². The molecule has 0 aliphatic carbocycles. The Kier molecular flexibility index (Phi) is 5.82. The Hall–Kier alpha value is -0.910. The number of hydrogen-bond acceptors (Lipinski definition) is 4. The number of nitrogens with one attached hydrogen (secondary N) is 1. The normalized spacial score (nSPS) is 21.5. The van der Waals surface area contributed by atoms with E-state index in [0.717, 1.165) is 12.8 Å². The maximum absolute atomic E-state index is 11.6. The molecule has 1 aliphatic rings. The molecule has 1 rings (SSSR count). The van der Waals surface area contributed by atoms with Gasteiger partial charge in [0.1, 0.15) is 0 Å². The molecule has 1 saturated heterocycles. The lowest BCUT2D eigenvalue weighted by molar-refractivity contribution is -0.250. The van der Waals surface area contributed by atoms with Crippen LogP contribution in [-0.4, -0.2) is 41.2 Å². The van der Waals surface area contributed by atoms with Crippen molar-refractivity contribution in [3.05, 3.63) is 12.2 Å². The highest BCUT2D eigenvalue weighted by molar-refractivity contribution is 5.87. The van der Waals surface area contributed by atoms with Crippen molar-refractivity contribution in [3.63, 3.8) is 0 Å². The molecule has 128 valence electrons. The van der Waals surface area contributed by atoms with Crippen molar-refractivity contribution >= 4 is 5.97 Å². The van der Waals surface area contributed by atoms with Crippen molar-refractivity contribution < 1.29 is 19.4 Å². The Morgan fingerprint density at radius 3 is 1.91 bits per heavy atom. The molecule has 0 aromatic heterocycles. The molecular weight excluding hydrogens is 282 g/mol. The van der Waals surface area contributed by atoms with Crippen LogP contribution < -0.4 is 5.32 Å². The van der Waals surface area contributed by atoms with Crippen molar-refractivity contribution in [1.82, 2.24) is 5.32 Å². The first-order valence-electron chi connectivity index (χ1n) is 7.99. The maximum Gasteiger partial charge on any atom is 0.336 e. The number of carboxylic acid groups (broad SMARTS) is 1. The van der Waals surface area contributed by atoms with Gasteiger partial charge in [-0.25, -0.2) is 4.79 Å². The molecule has 22 heavy (non-hydrogen) atoms. The lowest BCUT2D eigenvalue weighted by atomic mass is 9.71. The average molecular weight is 313 g/mol. The standard InChI is InChI=1S/C17H31NO4/c1-8-21-17(22-9-2,12(3)14(19)20)13-10-15(4,5)18-16(6,7)11-13/h13,18H,3,8-11H2,1-2,4-7H3,(H,19,20). The number of rotatable bonds is 7. The predicted molar refractivity (Wildman–Crippen MR) is 86.8 cm³/mol. The van der Waals surface area contributed by atoms with Gasteiger partial charge >= 0.3 is 5.97 Å². The largest absolute Gasteiger partial charge is 0.478 e. The van der Waals surface area contributed by atoms with Crippen molar-refractivity contribution in [1.29, 1.82) is 0 Å². The lowest BCUT2D eigenvalue weighted by Gasteiger charge is -2.52. The monoisotopic (exact) mass is 313 g/mol. The number of aliphatic carboxylic acids is 1. The van der Waals surface area contributed by atoms with Gasteiger partial charge in [0.05, 0.1) is 5.57 Å². The highest BCUT2D eigenvalue weighted by atomic mass is 16.7. The van der Waals surface area contributed by atoms with Crippen LogP contribution in [0.3, 0.4) is 0 Å². The number of hydrogen-bond donors (Lipinski definition) is 2. The quantitative estimate of drug-likeness (QED) is 0.559. The van der Waals surface area contributed by atoms with E-state index in [1.165, 1.54) is 0 Å². The SMILES string of the molecule is C=C(C(=O)O)C(OCC)(OCC)C1CC(C)(C)NC(C)(C)C1. The van der Waals surface area contributed by atoms with Crippen LogP contribution in [0.15, 0.2) is 12.2 Å². The summed E-state index contributed by atoms with van der Waals surface area (Å²) in [5.41, 5.74) is -0.287. The lowest BCUT2D eigenvalue weighted by Crippen LogP contribution is -2.63. The smallest absolute Gasteiger partial charge is 0.336 e. The zero-order chi connectivity index (χ0) is 17.2. The summed E-state index contributed by atoms with van der Waals surface area (Å²) < 4.78 is 11.8. The van der Waals surface area contributed by atoms with Crippen LogP contribution >= 0.6 is 0 Å². The Morgan fingerprint density at radius 2 is 1.59 bits per heavy atom. The van der Waals surface area contributed by atoms with Crippen LogP contribution in [-0.2, 0) is 14.3 Å². The Bertz CT molecular complexity index is 406. The summed E-state index contributed by atoms with van der Waals surface area (Å²) in [6, 6.07) is 0. The topological polar surface area (TPSA) is 67.8 Å². The fourth-order valence-corrected chi connectivity index (χ4v) is 3.87. The average Bonchev–Trinajstić information content (AvgIpc) is 2.33. The number of piperidine rings is 1. The summed E-state index contributed by atoms with van der Waals surface area (Å²) in [4.78, 5) is 11.6. The van der Waals surface area contributed by atoms with E-state index in [2.05, 4.69) is 39.6 Å². The number of carbonyl (C=O) groups is 1. The van der Waals surface area contributed by atoms with Crippen LogP contribution in [0.5, 0.6) is 0 Å². The van der Waals surface area contributed by atoms with Crippen LogP contribution in [0.1, 0.15) is 54.4 Å². The summed E-state index contributed by atoms with van der Waals surface area (Å²) >= 11 is 0. The minimum absolute atomic E-state index is 0.0188. The molecule has 5 heteroatoms. The molecule has 1 aliphatic heterocycles. The third-order valence-electron chi connectivity index (χ3n) is 4.12. The second-order valence-corrected chi connectivity index (χ2v) is 7.32. The number of ether oxygens (including phenoxy) is 2. The zero-order valence-electron chi connectivity index (χ0n) is 14.8. The fourth-order valence-electron chi connectivity index (χ4n) is 3.87. The molecule has 0 bridgehead atoms. The van der Waals surface area contributed by atoms with Crippen LogP contribution in [0, 0.1) is 5.92 Å². The minimum Gasteiger partial charge on any atom is -0.478 e. The first-order valence-corrected chi connectivity index (χ1v) is 7.99. The molecule has 1 heterocycles. The first kappa shape index (κ1) is 19.1. The zero-order valence-corrected chi connectivity index (χ0v) is 14.8. The minimum atomic E-state index is -1.27. The van der Waals surface area contributed by atoms with Crippen molar-refractivity contribution in [2.24, 2.45) is 5.92 Å². The Balaban J connectivity index is 3.29. The summed E-state index contributed by atoms with van der Waals surface area (Å²) in [7, 11) is 0. The molecule has 2 N–H and O–H groups in total. The van der Waals surface area contributed by atoms with Gasteiger partial charge < -0.3 is 19.9 Å². The summed E-state index contributed by atoms with van der Waals surface area (Å²) in [5.74, 6) is -2.43. The molecular formula is C17H31NO4. The van der Waals surface area contributed by atoms with E-state index in [9.17, 15) is 9.90 Å². The predicted octanol–water partition coefficient (Wildman–Crippen LogP) is 2.95. The van der Waals surface area contributed by atoms with Gasteiger partial charge in [0.2, 0.25) is 5.79 Å². The van der Waals surface area contributed by atoms with E-state index in [1.54, 1.807) is 0 Å². The molecule has 0 saturated carbocycles. The second kappa shape index (κ2) is 6.69. The Morgan fingerprint density at radius 1 is 1.18 bits per heavy atom. The van der Waals surface area contributed by atoms with Gasteiger partial charge in [-0.3, -0.25) is 0 Å².